The van der Waals surface area contributed by atoms with Crippen molar-refractivity contribution in [3.8, 4) is 0 Å². The fourth-order valence-corrected chi connectivity index (χ4v) is 3.06. The summed E-state index contributed by atoms with van der Waals surface area (Å²) in [5, 5.41) is 6.09. The lowest BCUT2D eigenvalue weighted by Gasteiger charge is -2.25. The Bertz CT molecular complexity index is 417. The van der Waals surface area contributed by atoms with Crippen LogP contribution in [0.2, 0.25) is 0 Å². The Kier molecular flexibility index (Phi) is 2.61. The number of piperazine rings is 1. The predicted octanol–water partition coefficient (Wildman–Crippen LogP) is -0.110. The van der Waals surface area contributed by atoms with Crippen LogP contribution in [-0.2, 0) is 17.1 Å². The summed E-state index contributed by atoms with van der Waals surface area (Å²) in [6, 6.07) is -0.273. The van der Waals surface area contributed by atoms with Crippen molar-refractivity contribution in [2.75, 3.05) is 18.8 Å². The van der Waals surface area contributed by atoms with Gasteiger partial charge in [-0.25, -0.2) is 4.98 Å². The van der Waals surface area contributed by atoms with Gasteiger partial charge in [-0.05, 0) is 0 Å². The summed E-state index contributed by atoms with van der Waals surface area (Å²) < 4.78 is 2.18. The van der Waals surface area contributed by atoms with Gasteiger partial charge in [0, 0.05) is 43.0 Å². The number of nitrogens with zero attached hydrogens (tertiary/aromatic N) is 2. The minimum absolute atomic E-state index is 0.0397. The van der Waals surface area contributed by atoms with Crippen molar-refractivity contribution in [1.82, 2.24) is 20.2 Å². The number of fused-ring (bicyclic) bond motifs is 1. The highest BCUT2D eigenvalue weighted by Gasteiger charge is 2.29. The van der Waals surface area contributed by atoms with Gasteiger partial charge in [0.2, 0.25) is 5.91 Å². The van der Waals surface area contributed by atoms with E-state index in [0.717, 1.165) is 30.4 Å². The Labute approximate surface area is 98.0 Å². The maximum Gasteiger partial charge on any atom is 0.245 e. The molecule has 2 aliphatic rings. The van der Waals surface area contributed by atoms with Gasteiger partial charge < -0.3 is 9.88 Å². The van der Waals surface area contributed by atoms with Crippen LogP contribution in [0.5, 0.6) is 0 Å². The molecule has 1 unspecified atom stereocenters. The summed E-state index contributed by atoms with van der Waals surface area (Å²) in [5.41, 5.74) is 1.23. The molecule has 1 atom stereocenters. The van der Waals surface area contributed by atoms with Gasteiger partial charge in [-0.15, -0.1) is 0 Å². The summed E-state index contributed by atoms with van der Waals surface area (Å²) in [4.78, 5) is 16.1. The lowest BCUT2D eigenvalue weighted by Crippen LogP contribution is -2.48. The van der Waals surface area contributed by atoms with Gasteiger partial charge in [0.05, 0.1) is 0 Å². The van der Waals surface area contributed by atoms with Crippen LogP contribution >= 0.6 is 11.8 Å². The average molecular weight is 238 g/mol. The van der Waals surface area contributed by atoms with Crippen LogP contribution in [0.15, 0.2) is 6.20 Å². The zero-order valence-electron chi connectivity index (χ0n) is 8.90. The summed E-state index contributed by atoms with van der Waals surface area (Å²) >= 11 is 1.92. The average Bonchev–Trinajstić information content (AvgIpc) is 2.74. The SMILES string of the molecule is O=C1NCCNC1c1ncc2n1CCSC2. The van der Waals surface area contributed by atoms with Gasteiger partial charge in [0.1, 0.15) is 11.9 Å². The highest BCUT2D eigenvalue weighted by molar-refractivity contribution is 7.98. The van der Waals surface area contributed by atoms with Gasteiger partial charge in [-0.3, -0.25) is 10.1 Å². The molecule has 16 heavy (non-hydrogen) atoms. The van der Waals surface area contributed by atoms with E-state index < -0.39 is 0 Å². The standard InChI is InChI=1S/C10H14N4OS/c15-10-8(11-1-2-12-10)9-13-5-7-6-16-4-3-14(7)9/h5,8,11H,1-4,6H2,(H,12,15). The van der Waals surface area contributed by atoms with Crippen molar-refractivity contribution >= 4 is 17.7 Å². The Balaban J connectivity index is 1.93. The molecule has 0 radical (unpaired) electrons. The van der Waals surface area contributed by atoms with Crippen molar-refractivity contribution in [1.29, 1.82) is 0 Å². The topological polar surface area (TPSA) is 59.0 Å². The Morgan fingerprint density at radius 3 is 3.31 bits per heavy atom. The molecule has 1 aromatic heterocycles. The molecule has 2 aliphatic heterocycles. The van der Waals surface area contributed by atoms with E-state index in [2.05, 4.69) is 20.2 Å². The van der Waals surface area contributed by atoms with Crippen LogP contribution in [0.25, 0.3) is 0 Å². The number of hydrogen-bond acceptors (Lipinski definition) is 4. The molecule has 6 heteroatoms. The minimum Gasteiger partial charge on any atom is -0.353 e. The van der Waals surface area contributed by atoms with Crippen LogP contribution in [0, 0.1) is 0 Å². The molecule has 1 aromatic rings. The van der Waals surface area contributed by atoms with E-state index in [1.807, 2.05) is 18.0 Å². The minimum atomic E-state index is -0.273. The van der Waals surface area contributed by atoms with E-state index in [1.165, 1.54) is 5.69 Å². The molecule has 0 aromatic carbocycles. The third kappa shape index (κ3) is 1.62. The number of nitrogens with one attached hydrogen (secondary N) is 2. The second-order valence-electron chi connectivity index (χ2n) is 3.99. The molecule has 1 fully saturated rings. The maximum absolute atomic E-state index is 11.7. The molecular weight excluding hydrogens is 224 g/mol. The molecule has 0 spiro atoms. The van der Waals surface area contributed by atoms with E-state index >= 15 is 0 Å². The number of imidazole rings is 1. The van der Waals surface area contributed by atoms with E-state index in [9.17, 15) is 4.79 Å². The van der Waals surface area contributed by atoms with Gasteiger partial charge in [0.15, 0.2) is 0 Å². The van der Waals surface area contributed by atoms with Gasteiger partial charge in [0.25, 0.3) is 0 Å². The number of thioether (sulfide) groups is 1. The van der Waals surface area contributed by atoms with Crippen LogP contribution in [0.3, 0.4) is 0 Å². The molecule has 86 valence electrons. The number of carbonyl (C=O) groups is 1. The molecule has 2 N–H and O–H groups in total. The second-order valence-corrected chi connectivity index (χ2v) is 5.10. The molecular formula is C10H14N4OS. The van der Waals surface area contributed by atoms with Crippen LogP contribution in [0.1, 0.15) is 17.6 Å². The summed E-state index contributed by atoms with van der Waals surface area (Å²) in [5.74, 6) is 3.01. The van der Waals surface area contributed by atoms with E-state index in [1.54, 1.807) is 0 Å². The predicted molar refractivity (Wildman–Crippen MR) is 62.1 cm³/mol. The van der Waals surface area contributed by atoms with Crippen molar-refractivity contribution < 1.29 is 4.79 Å². The second kappa shape index (κ2) is 4.10. The largest absolute Gasteiger partial charge is 0.353 e. The first-order chi connectivity index (χ1) is 7.86. The van der Waals surface area contributed by atoms with Gasteiger partial charge >= 0.3 is 0 Å². The van der Waals surface area contributed by atoms with Gasteiger partial charge in [-0.1, -0.05) is 0 Å². The van der Waals surface area contributed by atoms with E-state index in [4.69, 9.17) is 0 Å². The van der Waals surface area contributed by atoms with Crippen molar-refractivity contribution in [3.63, 3.8) is 0 Å². The van der Waals surface area contributed by atoms with Crippen molar-refractivity contribution in [3.05, 3.63) is 17.7 Å². The number of carbonyl (C=O) groups excluding carboxylic acids is 1. The lowest BCUT2D eigenvalue weighted by atomic mass is 10.2. The first-order valence-corrected chi connectivity index (χ1v) is 6.65. The quantitative estimate of drug-likeness (QED) is 0.717. The highest BCUT2D eigenvalue weighted by atomic mass is 32.2. The number of rotatable bonds is 1. The Morgan fingerprint density at radius 2 is 2.44 bits per heavy atom. The number of amides is 1. The first kappa shape index (κ1) is 10.2. The van der Waals surface area contributed by atoms with Crippen LogP contribution in [-0.4, -0.2) is 34.3 Å². The maximum atomic E-state index is 11.7. The molecule has 1 saturated heterocycles. The zero-order chi connectivity index (χ0) is 11.0. The number of aromatic nitrogens is 2. The Morgan fingerprint density at radius 1 is 1.50 bits per heavy atom. The first-order valence-electron chi connectivity index (χ1n) is 5.49. The van der Waals surface area contributed by atoms with Crippen molar-refractivity contribution in [2.24, 2.45) is 0 Å². The molecule has 0 aliphatic carbocycles. The third-order valence-corrected chi connectivity index (χ3v) is 3.94. The summed E-state index contributed by atoms with van der Waals surface area (Å²) in [7, 11) is 0. The fourth-order valence-electron chi connectivity index (χ4n) is 2.17. The van der Waals surface area contributed by atoms with E-state index in [0.29, 0.717) is 6.54 Å². The molecule has 0 saturated carbocycles. The molecule has 3 heterocycles. The molecule has 3 rings (SSSR count). The third-order valence-electron chi connectivity index (χ3n) is 2.97. The zero-order valence-corrected chi connectivity index (χ0v) is 9.72. The molecule has 1 amide bonds. The number of hydrogen-bond donors (Lipinski definition) is 2. The monoisotopic (exact) mass is 238 g/mol. The highest BCUT2D eigenvalue weighted by Crippen LogP contribution is 2.24. The normalized spacial score (nSPS) is 25.0. The van der Waals surface area contributed by atoms with Crippen LogP contribution in [0.4, 0.5) is 0 Å². The van der Waals surface area contributed by atoms with Gasteiger partial charge in [-0.2, -0.15) is 11.8 Å². The Hall–Kier alpha value is -1.01. The van der Waals surface area contributed by atoms with Crippen molar-refractivity contribution in [2.45, 2.75) is 18.3 Å². The van der Waals surface area contributed by atoms with E-state index in [-0.39, 0.29) is 11.9 Å². The molecule has 0 bridgehead atoms. The molecule has 5 nitrogen and oxygen atoms in total. The summed E-state index contributed by atoms with van der Waals surface area (Å²) in [6.45, 7) is 2.48. The fraction of sp³-hybridized carbons (Fsp3) is 0.600. The lowest BCUT2D eigenvalue weighted by molar-refractivity contribution is -0.124. The van der Waals surface area contributed by atoms with Crippen LogP contribution < -0.4 is 10.6 Å². The smallest absolute Gasteiger partial charge is 0.245 e. The summed E-state index contributed by atoms with van der Waals surface area (Å²) in [6.07, 6.45) is 1.89.